The molecule has 0 atom stereocenters. The molecule has 2 aliphatic heterocycles. The Kier molecular flexibility index (Phi) is 11.0. The SMILES string of the molecule is [2H]c1c([2H])c([2H])c(-c2cc3c4c(c2)N(c2cccc5c6cccc(-n7c8ccc(C(C)(C)C)cc8c8cc(C(C)(C)C)ccc87)c6n(-c6ccccc6)c25)c2cc(-n5c6c([2H])c([2H])c([2H])c([2H])c6c6c([2H])c([2H])c([2H])c([2H])c65)ccc2B4c2ccc(-n4c5c([2H])c([2H])c([2H])c([2H])c5c5c([2H])c([2H])c([2H])c([2H])c54)cc2N3c2c(-c3ccccc3)cc(C(C)(C)C)cc2-c2ccccc2)c([2H])c1[2H]. The molecule has 0 saturated carbocycles. The van der Waals surface area contributed by atoms with Gasteiger partial charge in [-0.25, -0.2) is 0 Å². The zero-order chi connectivity index (χ0) is 95.8. The average molecular weight is 1500 g/mol. The first kappa shape index (κ1) is 49.7. The maximum Gasteiger partial charge on any atom is 0.252 e. The summed E-state index contributed by atoms with van der Waals surface area (Å²) in [6.07, 6.45) is 0. The molecule has 0 unspecified atom stereocenters. The summed E-state index contributed by atoms with van der Waals surface area (Å²) in [5, 5.41) is 3.10. The fraction of sp³-hybridized carbons (Fsp3) is 0.111. The molecule has 20 aromatic rings. The second-order valence-electron chi connectivity index (χ2n) is 33.3. The Hall–Kier alpha value is -13.6. The summed E-state index contributed by atoms with van der Waals surface area (Å²) in [4.78, 5) is 4.22. The van der Waals surface area contributed by atoms with E-state index in [-0.39, 0.29) is 76.9 Å². The first-order valence-electron chi connectivity index (χ1n) is 49.4. The van der Waals surface area contributed by atoms with Gasteiger partial charge >= 0.3 is 0 Å². The number of fused-ring (bicyclic) bond motifs is 16. The quantitative estimate of drug-likeness (QED) is 0.135. The van der Waals surface area contributed by atoms with Crippen LogP contribution in [0.4, 0.5) is 34.1 Å². The molecule has 16 aromatic carbocycles. The summed E-state index contributed by atoms with van der Waals surface area (Å²) in [5.74, 6) is 0. The molecule has 22 rings (SSSR count). The lowest BCUT2D eigenvalue weighted by atomic mass is 9.33. The number of hydrogen-bond acceptors (Lipinski definition) is 2. The molecule has 2 aliphatic rings. The predicted octanol–water partition coefficient (Wildman–Crippen LogP) is 27.1. The molecule has 0 bridgehead atoms. The normalized spacial score (nSPS) is 15.6. The van der Waals surface area contributed by atoms with Gasteiger partial charge < -0.3 is 28.1 Å². The molecular formula is C108H85BN6. The Labute approximate surface area is 700 Å². The molecular weight excluding hydrogens is 1390 g/mol. The number of nitrogens with zero attached hydrogens (tertiary/aromatic N) is 6. The molecule has 0 fully saturated rings. The van der Waals surface area contributed by atoms with Gasteiger partial charge in [0.1, 0.15) is 0 Å². The first-order chi connectivity index (χ1) is 64.7. The van der Waals surface area contributed by atoms with Crippen molar-refractivity contribution in [3.05, 3.63) is 368 Å². The van der Waals surface area contributed by atoms with Gasteiger partial charge in [-0.3, -0.25) is 0 Å². The fourth-order valence-electron chi connectivity index (χ4n) is 18.1. The van der Waals surface area contributed by atoms with E-state index >= 15 is 0 Å². The number of hydrogen-bond donors (Lipinski definition) is 0. The molecule has 550 valence electrons. The molecule has 6 nitrogen and oxygen atoms in total. The predicted molar refractivity (Wildman–Crippen MR) is 490 cm³/mol. The molecule has 0 aliphatic carbocycles. The number of rotatable bonds is 9. The van der Waals surface area contributed by atoms with Gasteiger partial charge in [0, 0.05) is 94.0 Å². The number of anilines is 6. The maximum atomic E-state index is 10.3. The summed E-state index contributed by atoms with van der Waals surface area (Å²) >= 11 is 0. The fourth-order valence-corrected chi connectivity index (χ4v) is 18.1. The van der Waals surface area contributed by atoms with Crippen molar-refractivity contribution >= 4 is 144 Å². The Bertz CT molecular complexity index is 8450. The molecule has 6 heterocycles. The van der Waals surface area contributed by atoms with Gasteiger partial charge in [-0.1, -0.05) is 292 Å². The van der Waals surface area contributed by atoms with E-state index in [2.05, 4.69) is 166 Å². The Balaban J connectivity index is 0.964. The third-order valence-corrected chi connectivity index (χ3v) is 23.5. The van der Waals surface area contributed by atoms with Gasteiger partial charge in [-0.15, -0.1) is 0 Å². The van der Waals surface area contributed by atoms with Crippen LogP contribution in [0, 0.1) is 0 Å². The van der Waals surface area contributed by atoms with Crippen LogP contribution >= 0.6 is 0 Å². The van der Waals surface area contributed by atoms with Gasteiger partial charge in [0.15, 0.2) is 0 Å². The minimum atomic E-state index is -1.02. The van der Waals surface area contributed by atoms with Crippen molar-refractivity contribution in [2.75, 3.05) is 9.80 Å². The highest BCUT2D eigenvalue weighted by Gasteiger charge is 2.46. The second-order valence-corrected chi connectivity index (χ2v) is 33.3. The van der Waals surface area contributed by atoms with Gasteiger partial charge in [-0.2, -0.15) is 0 Å². The average Bonchev–Trinajstić information content (AvgIpc) is 1.37. The second kappa shape index (κ2) is 25.4. The summed E-state index contributed by atoms with van der Waals surface area (Å²) < 4.78 is 210. The van der Waals surface area contributed by atoms with Crippen molar-refractivity contribution in [2.24, 2.45) is 0 Å². The van der Waals surface area contributed by atoms with Crippen LogP contribution in [0.25, 0.3) is 143 Å². The van der Waals surface area contributed by atoms with E-state index < -0.39 is 139 Å². The van der Waals surface area contributed by atoms with Gasteiger partial charge in [0.2, 0.25) is 0 Å². The van der Waals surface area contributed by atoms with Crippen molar-refractivity contribution in [3.63, 3.8) is 0 Å². The summed E-state index contributed by atoms with van der Waals surface area (Å²) in [6, 6.07) is 62.5. The highest BCUT2D eigenvalue weighted by Crippen LogP contribution is 2.55. The molecule has 7 heteroatoms. The van der Waals surface area contributed by atoms with Crippen molar-refractivity contribution in [1.82, 2.24) is 18.3 Å². The highest BCUT2D eigenvalue weighted by molar-refractivity contribution is 7.00. The minimum Gasteiger partial charge on any atom is -0.310 e. The molecule has 0 N–H and O–H groups in total. The molecule has 0 saturated heterocycles. The van der Waals surface area contributed by atoms with E-state index in [9.17, 15) is 26.0 Å². The lowest BCUT2D eigenvalue weighted by Gasteiger charge is -2.45. The zero-order valence-corrected chi connectivity index (χ0v) is 64.6. The van der Waals surface area contributed by atoms with Crippen LogP contribution in [0.15, 0.2) is 351 Å². The van der Waals surface area contributed by atoms with Gasteiger partial charge in [-0.05, 0) is 193 Å². The monoisotopic (exact) mass is 1500 g/mol. The molecule has 0 radical (unpaired) electrons. The van der Waals surface area contributed by atoms with Crippen LogP contribution in [0.3, 0.4) is 0 Å². The molecule has 0 spiro atoms. The van der Waals surface area contributed by atoms with Crippen LogP contribution < -0.4 is 26.2 Å². The minimum absolute atomic E-state index is 0.130. The van der Waals surface area contributed by atoms with E-state index in [1.165, 1.54) is 9.13 Å². The van der Waals surface area contributed by atoms with Crippen LogP contribution in [0.1, 0.15) is 108 Å². The number of aromatic nitrogens is 4. The lowest BCUT2D eigenvalue weighted by molar-refractivity contribution is 0.590. The molecule has 115 heavy (non-hydrogen) atoms. The smallest absolute Gasteiger partial charge is 0.252 e. The third-order valence-electron chi connectivity index (χ3n) is 23.5. The largest absolute Gasteiger partial charge is 0.310 e. The summed E-state index contributed by atoms with van der Waals surface area (Å²) in [7, 11) is 0. The zero-order valence-electron chi connectivity index (χ0n) is 85.6. The lowest BCUT2D eigenvalue weighted by Crippen LogP contribution is -2.61. The van der Waals surface area contributed by atoms with E-state index in [1.54, 1.807) is 12.1 Å². The maximum absolute atomic E-state index is 10.3. The van der Waals surface area contributed by atoms with Crippen molar-refractivity contribution in [3.8, 4) is 56.1 Å². The molecule has 0 amide bonds. The Morgan fingerprint density at radius 3 is 1.14 bits per heavy atom. The van der Waals surface area contributed by atoms with Crippen molar-refractivity contribution < 1.29 is 28.8 Å². The van der Waals surface area contributed by atoms with Crippen LogP contribution in [0.2, 0.25) is 0 Å². The van der Waals surface area contributed by atoms with Crippen molar-refractivity contribution in [2.45, 2.75) is 78.6 Å². The highest BCUT2D eigenvalue weighted by atomic mass is 15.2. The Morgan fingerprint density at radius 1 is 0.252 bits per heavy atom. The first-order valence-corrected chi connectivity index (χ1v) is 38.9. The molecule has 4 aromatic heterocycles. The summed E-state index contributed by atoms with van der Waals surface area (Å²) in [6.45, 7) is 18.7. The topological polar surface area (TPSA) is 26.2 Å². The summed E-state index contributed by atoms with van der Waals surface area (Å²) in [5.41, 5.74) is 14.1. The van der Waals surface area contributed by atoms with Crippen LogP contribution in [-0.2, 0) is 16.2 Å². The van der Waals surface area contributed by atoms with E-state index in [4.69, 9.17) is 2.74 Å². The van der Waals surface area contributed by atoms with E-state index in [1.807, 2.05) is 127 Å². The standard InChI is InChI=1S/C108H85BN6/c1-106(2,3)72-52-58-94-86(62-72)87-63-73(107(4,5)6)53-59-95(87)113(94)96-50-30-44-82-83-45-31-51-97(105(83)112(104(82)96)75-38-20-13-21-39-75)114-98-66-76(110-90-46-26-22-40-78(90)79-41-23-27-47-91(79)110)54-56-88(98)109-89-57-55-77(111-92-48-28-24-42-80(92)81-43-25-29-49-93(81)111)67-99(89)115(101-61-71(60-100(114)102(101)109)68-32-14-10-15-33-68)103-84(69-34-16-11-17-35-69)64-74(108(7,8)9)65-85(103)70-36-18-12-19-37-70/h10-67H,1-9H3/i10D,14D,15D,22D,23D,24D,25D,26D,27D,28D,29D,32D,33D,40D,41D,42D,43D,46D,47D,48D,49D. The van der Waals surface area contributed by atoms with Crippen LogP contribution in [0.5, 0.6) is 0 Å². The van der Waals surface area contributed by atoms with Gasteiger partial charge in [0.25, 0.3) is 6.71 Å². The van der Waals surface area contributed by atoms with Gasteiger partial charge in [0.05, 0.1) is 90.0 Å². The number of benzene rings is 16. The Morgan fingerprint density at radius 2 is 0.670 bits per heavy atom. The number of para-hydroxylation sites is 7. The van der Waals surface area contributed by atoms with Crippen LogP contribution in [-0.4, -0.2) is 25.0 Å². The van der Waals surface area contributed by atoms with E-state index in [0.717, 1.165) is 77.3 Å². The van der Waals surface area contributed by atoms with E-state index in [0.29, 0.717) is 67.2 Å². The van der Waals surface area contributed by atoms with Crippen molar-refractivity contribution in [1.29, 1.82) is 0 Å². The third kappa shape index (κ3) is 10.5.